The summed E-state index contributed by atoms with van der Waals surface area (Å²) in [6, 6.07) is 6.92. The van der Waals surface area contributed by atoms with Gasteiger partial charge in [0, 0.05) is 24.4 Å². The van der Waals surface area contributed by atoms with Gasteiger partial charge in [-0.1, -0.05) is 41.7 Å². The number of alkyl halides is 6. The third kappa shape index (κ3) is 8.10. The van der Waals surface area contributed by atoms with Gasteiger partial charge in [0.15, 0.2) is 5.13 Å². The molecule has 2 heterocycles. The predicted molar refractivity (Wildman–Crippen MR) is 135 cm³/mol. The van der Waals surface area contributed by atoms with Gasteiger partial charge in [-0.15, -0.1) is 0 Å². The van der Waals surface area contributed by atoms with E-state index in [1.807, 2.05) is 0 Å². The van der Waals surface area contributed by atoms with Crippen molar-refractivity contribution in [1.82, 2.24) is 14.9 Å². The summed E-state index contributed by atoms with van der Waals surface area (Å²) < 4.78 is 79.8. The fraction of sp³-hybridized carbons (Fsp3) is 0.280. The zero-order valence-corrected chi connectivity index (χ0v) is 21.6. The summed E-state index contributed by atoms with van der Waals surface area (Å²) in [7, 11) is 3.53. The summed E-state index contributed by atoms with van der Waals surface area (Å²) in [6.07, 6.45) is -5.04. The maximum Gasteiger partial charge on any atom is 0.427 e. The van der Waals surface area contributed by atoms with Gasteiger partial charge >= 0.3 is 12.4 Å². The molecule has 2 N–H and O–H groups in total. The van der Waals surface area contributed by atoms with Crippen molar-refractivity contribution in [2.75, 3.05) is 31.3 Å². The third-order valence-corrected chi connectivity index (χ3v) is 6.26. The van der Waals surface area contributed by atoms with Crippen LogP contribution in [-0.4, -0.2) is 47.3 Å². The zero-order valence-electron chi connectivity index (χ0n) is 20.8. The normalized spacial score (nSPS) is 13.1. The van der Waals surface area contributed by atoms with Crippen LogP contribution in [0.25, 0.3) is 11.1 Å². The molecule has 0 spiro atoms. The number of carbonyl (C=O) groups is 2. The van der Waals surface area contributed by atoms with Gasteiger partial charge in [-0.2, -0.15) is 26.3 Å². The first-order valence-electron chi connectivity index (χ1n) is 11.3. The van der Waals surface area contributed by atoms with E-state index in [1.165, 1.54) is 31.2 Å². The van der Waals surface area contributed by atoms with Crippen molar-refractivity contribution in [3.63, 3.8) is 0 Å². The molecule has 0 radical (unpaired) electrons. The standard InChI is InChI=1S/C25H23F6N5O2S/c1-14(22(38)35-23-33-13-19(39-23)25(29,30)31)15-6-4-7-16(10-15)17-11-18(24(26,27)28)21(32-12-17)34-20(37)8-5-9-36(2)3/h4-8,10-14H,9H2,1-3H3,(H,32,34,37)(H,33,35,38)/b8-5+/t14-/m0/s1. The molecule has 2 amide bonds. The topological polar surface area (TPSA) is 87.2 Å². The highest BCUT2D eigenvalue weighted by Crippen LogP contribution is 2.37. The van der Waals surface area contributed by atoms with Crippen molar-refractivity contribution in [1.29, 1.82) is 0 Å². The number of hydrogen-bond donors (Lipinski definition) is 2. The number of anilines is 2. The molecular weight excluding hydrogens is 548 g/mol. The van der Waals surface area contributed by atoms with Gasteiger partial charge in [0.25, 0.3) is 0 Å². The molecule has 0 fully saturated rings. The highest BCUT2D eigenvalue weighted by Gasteiger charge is 2.36. The van der Waals surface area contributed by atoms with Crippen LogP contribution >= 0.6 is 11.3 Å². The molecule has 1 atom stereocenters. The molecule has 0 unspecified atom stereocenters. The molecule has 0 saturated heterocycles. The van der Waals surface area contributed by atoms with Gasteiger partial charge in [-0.05, 0) is 38.2 Å². The average Bonchev–Trinajstić information content (AvgIpc) is 3.32. The SMILES string of the molecule is C[C@H](C(=O)Nc1ncc(C(F)(F)F)s1)c1cccc(-c2cnc(NC(=O)/C=C/CN(C)C)c(C(F)(F)F)c2)c1. The Labute approximate surface area is 223 Å². The van der Waals surface area contributed by atoms with Crippen LogP contribution in [0.4, 0.5) is 37.3 Å². The van der Waals surface area contributed by atoms with Crippen LogP contribution in [0.3, 0.4) is 0 Å². The predicted octanol–water partition coefficient (Wildman–Crippen LogP) is 6.04. The van der Waals surface area contributed by atoms with E-state index in [0.29, 0.717) is 23.9 Å². The number of rotatable bonds is 8. The highest BCUT2D eigenvalue weighted by molar-refractivity contribution is 7.15. The van der Waals surface area contributed by atoms with E-state index in [-0.39, 0.29) is 22.0 Å². The van der Waals surface area contributed by atoms with Gasteiger partial charge in [0.05, 0.1) is 17.7 Å². The lowest BCUT2D eigenvalue weighted by atomic mass is 9.95. The summed E-state index contributed by atoms with van der Waals surface area (Å²) in [5.74, 6) is -2.95. The molecule has 2 aromatic heterocycles. The smallest absolute Gasteiger partial charge is 0.307 e. The lowest BCUT2D eigenvalue weighted by Gasteiger charge is -2.15. The number of halogens is 6. The summed E-state index contributed by atoms with van der Waals surface area (Å²) in [5.41, 5.74) is -0.375. The molecule has 0 aliphatic rings. The fourth-order valence-corrected chi connectivity index (χ4v) is 3.97. The molecule has 208 valence electrons. The van der Waals surface area contributed by atoms with E-state index in [9.17, 15) is 35.9 Å². The van der Waals surface area contributed by atoms with Crippen LogP contribution < -0.4 is 10.6 Å². The van der Waals surface area contributed by atoms with Gasteiger partial charge < -0.3 is 15.5 Å². The number of benzene rings is 1. The van der Waals surface area contributed by atoms with Gasteiger partial charge in [-0.25, -0.2) is 9.97 Å². The highest BCUT2D eigenvalue weighted by atomic mass is 32.1. The van der Waals surface area contributed by atoms with Gasteiger partial charge in [0.2, 0.25) is 11.8 Å². The number of nitrogens with zero attached hydrogens (tertiary/aromatic N) is 3. The molecule has 14 heteroatoms. The van der Waals surface area contributed by atoms with E-state index >= 15 is 0 Å². The number of pyridine rings is 1. The van der Waals surface area contributed by atoms with Crippen molar-refractivity contribution < 1.29 is 35.9 Å². The molecule has 0 saturated carbocycles. The monoisotopic (exact) mass is 571 g/mol. The summed E-state index contributed by atoms with van der Waals surface area (Å²) in [5, 5.41) is 4.24. The van der Waals surface area contributed by atoms with Gasteiger partial charge in [-0.3, -0.25) is 9.59 Å². The van der Waals surface area contributed by atoms with E-state index in [0.717, 1.165) is 18.3 Å². The van der Waals surface area contributed by atoms with Crippen molar-refractivity contribution in [2.45, 2.75) is 25.2 Å². The maximum atomic E-state index is 13.8. The number of hydrogen-bond acceptors (Lipinski definition) is 6. The number of likely N-dealkylation sites (N-methyl/N-ethyl adjacent to an activating group) is 1. The molecule has 0 aliphatic carbocycles. The Hall–Kier alpha value is -3.78. The zero-order chi connectivity index (χ0) is 29.0. The summed E-state index contributed by atoms with van der Waals surface area (Å²) in [6.45, 7) is 1.91. The summed E-state index contributed by atoms with van der Waals surface area (Å²) >= 11 is 0.276. The Morgan fingerprint density at radius 2 is 1.72 bits per heavy atom. The third-order valence-electron chi connectivity index (χ3n) is 5.30. The minimum Gasteiger partial charge on any atom is -0.307 e. The van der Waals surface area contributed by atoms with Crippen molar-refractivity contribution in [3.8, 4) is 11.1 Å². The van der Waals surface area contributed by atoms with Crippen molar-refractivity contribution >= 4 is 34.1 Å². The van der Waals surface area contributed by atoms with Gasteiger partial charge in [0.1, 0.15) is 10.7 Å². The minimum atomic E-state index is -4.83. The maximum absolute atomic E-state index is 13.8. The molecule has 7 nitrogen and oxygen atoms in total. The second-order valence-electron chi connectivity index (χ2n) is 8.64. The number of amides is 2. The lowest BCUT2D eigenvalue weighted by Crippen LogP contribution is -2.18. The number of thiazole rings is 1. The van der Waals surface area contributed by atoms with Crippen molar-refractivity contribution in [2.24, 2.45) is 0 Å². The van der Waals surface area contributed by atoms with Crippen LogP contribution in [0, 0.1) is 0 Å². The molecule has 1 aromatic carbocycles. The first-order valence-corrected chi connectivity index (χ1v) is 12.1. The average molecular weight is 572 g/mol. The number of nitrogens with one attached hydrogen (secondary N) is 2. The molecule has 3 aromatic rings. The number of carbonyl (C=O) groups excluding carboxylic acids is 2. The molecule has 39 heavy (non-hydrogen) atoms. The quantitative estimate of drug-likeness (QED) is 0.254. The van der Waals surface area contributed by atoms with Crippen LogP contribution in [-0.2, 0) is 21.9 Å². The molecular formula is C25H23F6N5O2S. The number of aromatic nitrogens is 2. The Bertz CT molecular complexity index is 1370. The van der Waals surface area contributed by atoms with E-state index in [2.05, 4.69) is 20.6 Å². The molecule has 0 bridgehead atoms. The Kier molecular flexibility index (Phi) is 9.12. The van der Waals surface area contributed by atoms with E-state index < -0.39 is 46.3 Å². The first kappa shape index (κ1) is 29.8. The Balaban J connectivity index is 1.82. The van der Waals surface area contributed by atoms with Crippen LogP contribution in [0.2, 0.25) is 0 Å². The molecule has 3 rings (SSSR count). The second kappa shape index (κ2) is 11.9. The van der Waals surface area contributed by atoms with E-state index in [1.54, 1.807) is 25.1 Å². The van der Waals surface area contributed by atoms with Crippen LogP contribution in [0.5, 0.6) is 0 Å². The van der Waals surface area contributed by atoms with Crippen LogP contribution in [0.15, 0.2) is 54.9 Å². The summed E-state index contributed by atoms with van der Waals surface area (Å²) in [4.78, 5) is 32.9. The Morgan fingerprint density at radius 3 is 2.33 bits per heavy atom. The van der Waals surface area contributed by atoms with E-state index in [4.69, 9.17) is 0 Å². The lowest BCUT2D eigenvalue weighted by molar-refractivity contribution is -0.137. The first-order chi connectivity index (χ1) is 18.1. The largest absolute Gasteiger partial charge is 0.427 e. The van der Waals surface area contributed by atoms with Crippen molar-refractivity contribution in [3.05, 3.63) is 70.9 Å². The van der Waals surface area contributed by atoms with Crippen LogP contribution in [0.1, 0.15) is 28.8 Å². The molecule has 0 aliphatic heterocycles. The minimum absolute atomic E-state index is 0.0766. The Morgan fingerprint density at radius 1 is 1.00 bits per heavy atom. The second-order valence-corrected chi connectivity index (χ2v) is 9.67. The fourth-order valence-electron chi connectivity index (χ4n) is 3.28.